The number of halogens is 1. The minimum absolute atomic E-state index is 0.0503. The van der Waals surface area contributed by atoms with Crippen LogP contribution in [-0.2, 0) is 9.47 Å². The Morgan fingerprint density at radius 3 is 3.00 bits per heavy atom. The number of imidazole rings is 1. The maximum Gasteiger partial charge on any atom is 0.407 e. The second kappa shape index (κ2) is 9.29. The fourth-order valence-corrected chi connectivity index (χ4v) is 4.03. The van der Waals surface area contributed by atoms with E-state index in [1.807, 2.05) is 23.5 Å². The zero-order valence-electron chi connectivity index (χ0n) is 19.4. The second-order valence-electron chi connectivity index (χ2n) is 8.53. The summed E-state index contributed by atoms with van der Waals surface area (Å²) in [6, 6.07) is 5.35. The highest BCUT2D eigenvalue weighted by molar-refractivity contribution is 5.80. The lowest BCUT2D eigenvalue weighted by molar-refractivity contribution is 0.0615. The Balaban J connectivity index is 1.34. The van der Waals surface area contributed by atoms with Crippen molar-refractivity contribution in [2.75, 3.05) is 11.9 Å². The van der Waals surface area contributed by atoms with E-state index in [1.165, 1.54) is 0 Å². The second-order valence-corrected chi connectivity index (χ2v) is 8.53. The lowest BCUT2D eigenvalue weighted by Crippen LogP contribution is -2.36. The van der Waals surface area contributed by atoms with Gasteiger partial charge >= 0.3 is 6.09 Å². The van der Waals surface area contributed by atoms with Crippen molar-refractivity contribution in [2.45, 2.75) is 45.2 Å². The number of fused-ring (bicyclic) bond motifs is 1. The molecule has 5 heterocycles. The molecule has 0 aromatic carbocycles. The summed E-state index contributed by atoms with van der Waals surface area (Å²) in [6.07, 6.45) is 2.80. The zero-order valence-corrected chi connectivity index (χ0v) is 19.4. The van der Waals surface area contributed by atoms with Crippen molar-refractivity contribution in [2.24, 2.45) is 0 Å². The molecule has 5 rings (SSSR count). The number of anilines is 2. The summed E-state index contributed by atoms with van der Waals surface area (Å²) in [5, 5.41) is 12.8. The van der Waals surface area contributed by atoms with Crippen LogP contribution in [-0.4, -0.2) is 60.6 Å². The Hall–Kier alpha value is -4.06. The van der Waals surface area contributed by atoms with Gasteiger partial charge in [-0.05, 0) is 26.8 Å². The maximum atomic E-state index is 15.0. The number of carbonyl (C=O) groups excluding carboxylic acids is 1. The lowest BCUT2D eigenvalue weighted by Gasteiger charge is -2.16. The number of aromatic nitrogens is 6. The molecule has 0 unspecified atom stereocenters. The van der Waals surface area contributed by atoms with E-state index in [0.717, 1.165) is 16.8 Å². The van der Waals surface area contributed by atoms with Crippen molar-refractivity contribution in [3.63, 3.8) is 0 Å². The molecule has 0 radical (unpaired) electrons. The van der Waals surface area contributed by atoms with Crippen LogP contribution in [0, 0.1) is 6.92 Å². The Morgan fingerprint density at radius 1 is 1.37 bits per heavy atom. The number of H-pyrrole nitrogens is 1. The molecule has 12 heteroatoms. The molecule has 1 amide bonds. The monoisotopic (exact) mass is 480 g/mol. The zero-order chi connectivity index (χ0) is 24.5. The fourth-order valence-electron chi connectivity index (χ4n) is 4.03. The van der Waals surface area contributed by atoms with Gasteiger partial charge in [-0.3, -0.25) is 14.5 Å². The number of amides is 1. The van der Waals surface area contributed by atoms with E-state index in [1.54, 1.807) is 44.7 Å². The molecule has 182 valence electrons. The van der Waals surface area contributed by atoms with Crippen molar-refractivity contribution < 1.29 is 18.7 Å². The van der Waals surface area contributed by atoms with Crippen LogP contribution in [0.3, 0.4) is 0 Å². The van der Waals surface area contributed by atoms with E-state index in [0.29, 0.717) is 23.1 Å². The van der Waals surface area contributed by atoms with Gasteiger partial charge in [0.1, 0.15) is 11.8 Å². The van der Waals surface area contributed by atoms with Gasteiger partial charge in [-0.2, -0.15) is 5.10 Å². The van der Waals surface area contributed by atoms with E-state index in [2.05, 4.69) is 30.8 Å². The number of alkyl halides is 1. The number of aryl methyl sites for hydroxylation is 1. The molecule has 0 aliphatic carbocycles. The van der Waals surface area contributed by atoms with E-state index >= 15 is 0 Å². The van der Waals surface area contributed by atoms with Gasteiger partial charge in [0, 0.05) is 48.0 Å². The Labute approximate surface area is 200 Å². The molecule has 3 N–H and O–H groups in total. The van der Waals surface area contributed by atoms with Crippen molar-refractivity contribution in [3.05, 3.63) is 54.4 Å². The molecule has 4 aromatic heterocycles. The van der Waals surface area contributed by atoms with E-state index in [-0.39, 0.29) is 12.6 Å². The fraction of sp³-hybridized carbons (Fsp3) is 0.348. The van der Waals surface area contributed by atoms with Crippen molar-refractivity contribution in [1.82, 2.24) is 34.9 Å². The van der Waals surface area contributed by atoms with Crippen molar-refractivity contribution >= 4 is 23.5 Å². The molecule has 0 spiro atoms. The number of hydrogen-bond donors (Lipinski definition) is 3. The number of nitrogens with one attached hydrogen (secondary N) is 3. The first-order valence-corrected chi connectivity index (χ1v) is 11.2. The molecule has 35 heavy (non-hydrogen) atoms. The van der Waals surface area contributed by atoms with Gasteiger partial charge in [0.05, 0.1) is 18.0 Å². The summed E-state index contributed by atoms with van der Waals surface area (Å²) < 4.78 is 27.5. The number of pyridine rings is 1. The predicted molar refractivity (Wildman–Crippen MR) is 125 cm³/mol. The molecule has 3 atom stereocenters. The van der Waals surface area contributed by atoms with Gasteiger partial charge < -0.3 is 20.1 Å². The SMILES string of the molecule is Cc1nc(Nc2cc([C@@H]3OC[C@H](OC(=O)NC(C)C)[C@@H]3F)[nH]n2)n2ccnc2c1-c1cccnc1. The van der Waals surface area contributed by atoms with Crippen LogP contribution in [0.25, 0.3) is 16.8 Å². The van der Waals surface area contributed by atoms with E-state index in [9.17, 15) is 9.18 Å². The number of alkyl carbamates (subject to hydrolysis) is 1. The van der Waals surface area contributed by atoms with Gasteiger partial charge in [-0.1, -0.05) is 6.07 Å². The molecule has 0 saturated carbocycles. The minimum atomic E-state index is -1.54. The smallest absolute Gasteiger partial charge is 0.407 e. The molecule has 1 aliphatic heterocycles. The average Bonchev–Trinajstić information content (AvgIpc) is 3.55. The standard InChI is InChI=1S/C23H25FN8O3/c1-12(2)27-23(33)35-16-11-34-20(19(16)24)15-9-17(31-30-15)29-22-28-13(3)18(14-5-4-6-25-10-14)21-26-7-8-32(21)22/h4-10,12,16,19-20H,11H2,1-3H3,(H,27,33)(H2,28,29,30,31)/t16-,19-,20-/m0/s1. The molecule has 1 fully saturated rings. The number of ether oxygens (including phenoxy) is 2. The number of carbonyl (C=O) groups is 1. The molecule has 4 aromatic rings. The number of nitrogens with zero attached hydrogens (tertiary/aromatic N) is 5. The van der Waals surface area contributed by atoms with Gasteiger partial charge in [0.25, 0.3) is 0 Å². The summed E-state index contributed by atoms with van der Waals surface area (Å²) in [5.74, 6) is 0.921. The Morgan fingerprint density at radius 2 is 2.23 bits per heavy atom. The average molecular weight is 481 g/mol. The first-order chi connectivity index (χ1) is 16.9. The third-order valence-corrected chi connectivity index (χ3v) is 5.57. The van der Waals surface area contributed by atoms with Crippen LogP contribution in [0.2, 0.25) is 0 Å². The van der Waals surface area contributed by atoms with Crippen molar-refractivity contribution in [3.8, 4) is 11.1 Å². The van der Waals surface area contributed by atoms with Crippen LogP contribution in [0.1, 0.15) is 31.3 Å². The number of hydrogen-bond acceptors (Lipinski definition) is 8. The summed E-state index contributed by atoms with van der Waals surface area (Å²) >= 11 is 0. The molecule has 1 aliphatic rings. The van der Waals surface area contributed by atoms with E-state index < -0.39 is 24.5 Å². The molecule has 11 nitrogen and oxygen atoms in total. The maximum absolute atomic E-state index is 15.0. The van der Waals surface area contributed by atoms with Crippen LogP contribution >= 0.6 is 0 Å². The van der Waals surface area contributed by atoms with Gasteiger partial charge in [-0.15, -0.1) is 0 Å². The summed E-state index contributed by atoms with van der Waals surface area (Å²) in [5.41, 5.74) is 3.68. The van der Waals surface area contributed by atoms with Crippen molar-refractivity contribution in [1.29, 1.82) is 0 Å². The highest BCUT2D eigenvalue weighted by Crippen LogP contribution is 2.34. The lowest BCUT2D eigenvalue weighted by atomic mass is 10.1. The molecular weight excluding hydrogens is 455 g/mol. The third-order valence-electron chi connectivity index (χ3n) is 5.57. The summed E-state index contributed by atoms with van der Waals surface area (Å²) in [7, 11) is 0. The van der Waals surface area contributed by atoms with Gasteiger partial charge in [-0.25, -0.2) is 19.2 Å². The first kappa shape index (κ1) is 22.7. The normalized spacial score (nSPS) is 19.9. The van der Waals surface area contributed by atoms with Crippen LogP contribution in [0.4, 0.5) is 21.0 Å². The van der Waals surface area contributed by atoms with Gasteiger partial charge in [0.15, 0.2) is 18.1 Å². The highest BCUT2D eigenvalue weighted by Gasteiger charge is 2.42. The number of aromatic amines is 1. The van der Waals surface area contributed by atoms with Gasteiger partial charge in [0.2, 0.25) is 5.95 Å². The number of rotatable bonds is 6. The highest BCUT2D eigenvalue weighted by atomic mass is 19.1. The van der Waals surface area contributed by atoms with Crippen LogP contribution in [0.5, 0.6) is 0 Å². The van der Waals surface area contributed by atoms with Crippen LogP contribution in [0.15, 0.2) is 43.0 Å². The predicted octanol–water partition coefficient (Wildman–Crippen LogP) is 3.48. The molecule has 0 bridgehead atoms. The first-order valence-electron chi connectivity index (χ1n) is 11.2. The third kappa shape index (κ3) is 4.52. The summed E-state index contributed by atoms with van der Waals surface area (Å²) in [6.45, 7) is 5.43. The topological polar surface area (TPSA) is 131 Å². The van der Waals surface area contributed by atoms with E-state index in [4.69, 9.17) is 14.5 Å². The minimum Gasteiger partial charge on any atom is -0.441 e. The summed E-state index contributed by atoms with van der Waals surface area (Å²) in [4.78, 5) is 25.2. The largest absolute Gasteiger partial charge is 0.441 e. The Kier molecular flexibility index (Phi) is 6.03. The Bertz CT molecular complexity index is 1340. The quantitative estimate of drug-likeness (QED) is 0.382. The molecular formula is C23H25FN8O3. The molecule has 1 saturated heterocycles. The van der Waals surface area contributed by atoms with Crippen LogP contribution < -0.4 is 10.6 Å².